The third-order valence-corrected chi connectivity index (χ3v) is 13.3. The van der Waals surface area contributed by atoms with E-state index in [0.717, 1.165) is 77.0 Å². The van der Waals surface area contributed by atoms with Gasteiger partial charge in [0.1, 0.15) is 0 Å². The second-order valence-electron chi connectivity index (χ2n) is 19.6. The number of esters is 1. The van der Waals surface area contributed by atoms with E-state index in [4.69, 9.17) is 4.74 Å². The SMILES string of the molecule is CCCCCCCCCCCCCCCCCCCCCCC(O)C(CO)NC(=O)CCCCCCC/C=C\CCCCOC(=O)CCCCCCCCCCCCCCCCC. The second-order valence-corrected chi connectivity index (χ2v) is 19.6. The first-order chi connectivity index (χ1) is 31.0. The van der Waals surface area contributed by atoms with Gasteiger partial charge in [0.15, 0.2) is 0 Å². The molecular formula is C57H111NO5. The van der Waals surface area contributed by atoms with Crippen molar-refractivity contribution in [2.24, 2.45) is 0 Å². The molecule has 374 valence electrons. The average molecular weight is 891 g/mol. The van der Waals surface area contributed by atoms with E-state index in [-0.39, 0.29) is 18.5 Å². The van der Waals surface area contributed by atoms with Gasteiger partial charge in [0, 0.05) is 12.8 Å². The highest BCUT2D eigenvalue weighted by molar-refractivity contribution is 5.76. The molecule has 2 unspecified atom stereocenters. The Bertz CT molecular complexity index is 939. The first kappa shape index (κ1) is 61.6. The Hall–Kier alpha value is -1.40. The highest BCUT2D eigenvalue weighted by Crippen LogP contribution is 2.17. The maximum atomic E-state index is 12.5. The molecule has 1 amide bonds. The van der Waals surface area contributed by atoms with Crippen molar-refractivity contribution < 1.29 is 24.5 Å². The molecule has 2 atom stereocenters. The van der Waals surface area contributed by atoms with Gasteiger partial charge in [-0.3, -0.25) is 9.59 Å². The van der Waals surface area contributed by atoms with E-state index in [9.17, 15) is 19.8 Å². The first-order valence-corrected chi connectivity index (χ1v) is 28.4. The minimum atomic E-state index is -0.682. The maximum absolute atomic E-state index is 12.5. The summed E-state index contributed by atoms with van der Waals surface area (Å²) >= 11 is 0. The Morgan fingerprint density at radius 3 is 1.13 bits per heavy atom. The molecule has 0 radical (unpaired) electrons. The Labute approximate surface area is 393 Å². The second kappa shape index (κ2) is 53.2. The Kier molecular flexibility index (Phi) is 52.0. The van der Waals surface area contributed by atoms with Crippen LogP contribution in [0.5, 0.6) is 0 Å². The minimum Gasteiger partial charge on any atom is -0.466 e. The molecular weight excluding hydrogens is 779 g/mol. The standard InChI is InChI=1S/C57H111NO5/c1-3-5-7-9-11-13-15-17-19-20-21-22-23-25-26-29-33-37-41-45-49-55(60)54(53-59)58-56(61)50-46-42-38-34-30-28-32-36-40-44-48-52-63-57(62)51-47-43-39-35-31-27-24-18-16-14-12-10-8-6-4-2/h32,36,54-55,59-60H,3-31,33-35,37-53H2,1-2H3,(H,58,61)/b36-32-. The number of amides is 1. The van der Waals surface area contributed by atoms with Crippen molar-refractivity contribution >= 4 is 11.9 Å². The molecule has 0 heterocycles. The molecule has 0 aliphatic carbocycles. The molecule has 0 aromatic carbocycles. The fraction of sp³-hybridized carbons (Fsp3) is 0.930. The lowest BCUT2D eigenvalue weighted by Gasteiger charge is -2.22. The Balaban J connectivity index is 3.49. The van der Waals surface area contributed by atoms with E-state index in [1.807, 2.05) is 0 Å². The summed E-state index contributed by atoms with van der Waals surface area (Å²) in [6.07, 6.45) is 62.0. The molecule has 0 aliphatic heterocycles. The number of unbranched alkanes of at least 4 members (excludes halogenated alkanes) is 40. The van der Waals surface area contributed by atoms with E-state index in [1.54, 1.807) is 0 Å². The quantitative estimate of drug-likeness (QED) is 0.0321. The fourth-order valence-corrected chi connectivity index (χ4v) is 8.93. The van der Waals surface area contributed by atoms with E-state index in [0.29, 0.717) is 25.9 Å². The normalized spacial score (nSPS) is 12.6. The van der Waals surface area contributed by atoms with Crippen molar-refractivity contribution in [3.8, 4) is 0 Å². The molecule has 0 aliphatic rings. The van der Waals surface area contributed by atoms with Crippen molar-refractivity contribution in [3.05, 3.63) is 12.2 Å². The average Bonchev–Trinajstić information content (AvgIpc) is 3.28. The van der Waals surface area contributed by atoms with Crippen molar-refractivity contribution in [1.29, 1.82) is 0 Å². The van der Waals surface area contributed by atoms with Crippen LogP contribution in [0.2, 0.25) is 0 Å². The van der Waals surface area contributed by atoms with Gasteiger partial charge >= 0.3 is 5.97 Å². The van der Waals surface area contributed by atoms with Crippen LogP contribution < -0.4 is 5.32 Å². The van der Waals surface area contributed by atoms with Gasteiger partial charge in [-0.1, -0.05) is 264 Å². The molecule has 6 nitrogen and oxygen atoms in total. The molecule has 0 bridgehead atoms. The summed E-state index contributed by atoms with van der Waals surface area (Å²) < 4.78 is 5.45. The van der Waals surface area contributed by atoms with Gasteiger partial charge in [-0.25, -0.2) is 0 Å². The maximum Gasteiger partial charge on any atom is 0.305 e. The van der Waals surface area contributed by atoms with Crippen LogP contribution in [-0.4, -0.2) is 47.4 Å². The monoisotopic (exact) mass is 890 g/mol. The molecule has 3 N–H and O–H groups in total. The minimum absolute atomic E-state index is 0.0274. The van der Waals surface area contributed by atoms with Crippen molar-refractivity contribution in [2.45, 2.75) is 328 Å². The van der Waals surface area contributed by atoms with Crippen LogP contribution in [0.25, 0.3) is 0 Å². The summed E-state index contributed by atoms with van der Waals surface area (Å²) in [6.45, 7) is 4.90. The van der Waals surface area contributed by atoms with Crippen LogP contribution in [-0.2, 0) is 14.3 Å². The molecule has 0 fully saturated rings. The van der Waals surface area contributed by atoms with Gasteiger partial charge in [0.25, 0.3) is 0 Å². The molecule has 0 saturated heterocycles. The molecule has 63 heavy (non-hydrogen) atoms. The lowest BCUT2D eigenvalue weighted by molar-refractivity contribution is -0.143. The van der Waals surface area contributed by atoms with Crippen LogP contribution in [0, 0.1) is 0 Å². The van der Waals surface area contributed by atoms with Crippen molar-refractivity contribution in [1.82, 2.24) is 5.32 Å². The lowest BCUT2D eigenvalue weighted by Crippen LogP contribution is -2.45. The largest absolute Gasteiger partial charge is 0.466 e. The molecule has 0 aromatic rings. The zero-order valence-corrected chi connectivity index (χ0v) is 42.6. The summed E-state index contributed by atoms with van der Waals surface area (Å²) in [5, 5.41) is 23.3. The summed E-state index contributed by atoms with van der Waals surface area (Å²) in [7, 11) is 0. The van der Waals surface area contributed by atoms with Gasteiger partial charge < -0.3 is 20.3 Å². The predicted molar refractivity (Wildman–Crippen MR) is 273 cm³/mol. The summed E-state index contributed by atoms with van der Waals surface area (Å²) in [5.74, 6) is -0.0880. The van der Waals surface area contributed by atoms with Gasteiger partial charge in [-0.15, -0.1) is 0 Å². The number of carbonyl (C=O) groups is 2. The zero-order valence-electron chi connectivity index (χ0n) is 42.6. The molecule has 0 spiro atoms. The highest BCUT2D eigenvalue weighted by Gasteiger charge is 2.20. The summed E-state index contributed by atoms with van der Waals surface area (Å²) in [4.78, 5) is 24.5. The van der Waals surface area contributed by atoms with Crippen LogP contribution in [0.3, 0.4) is 0 Å². The predicted octanol–water partition coefficient (Wildman–Crippen LogP) is 17.3. The summed E-state index contributed by atoms with van der Waals surface area (Å²) in [5.41, 5.74) is 0. The Morgan fingerprint density at radius 1 is 0.429 bits per heavy atom. The van der Waals surface area contributed by atoms with Crippen LogP contribution in [0.4, 0.5) is 0 Å². The van der Waals surface area contributed by atoms with E-state index >= 15 is 0 Å². The van der Waals surface area contributed by atoms with Crippen LogP contribution in [0.1, 0.15) is 316 Å². The number of aliphatic hydroxyl groups is 2. The van der Waals surface area contributed by atoms with Gasteiger partial charge in [0.2, 0.25) is 5.91 Å². The van der Waals surface area contributed by atoms with E-state index < -0.39 is 12.1 Å². The molecule has 0 aromatic heterocycles. The number of nitrogens with one attached hydrogen (secondary N) is 1. The van der Waals surface area contributed by atoms with Gasteiger partial charge in [0.05, 0.1) is 25.4 Å². The number of carbonyl (C=O) groups excluding carboxylic acids is 2. The Morgan fingerprint density at radius 2 is 0.746 bits per heavy atom. The van der Waals surface area contributed by atoms with Crippen LogP contribution in [0.15, 0.2) is 12.2 Å². The van der Waals surface area contributed by atoms with Crippen molar-refractivity contribution in [3.63, 3.8) is 0 Å². The van der Waals surface area contributed by atoms with E-state index in [2.05, 4.69) is 31.3 Å². The number of aliphatic hydroxyl groups excluding tert-OH is 2. The number of rotatable bonds is 53. The zero-order chi connectivity index (χ0) is 45.8. The number of hydrogen-bond acceptors (Lipinski definition) is 5. The van der Waals surface area contributed by atoms with Gasteiger partial charge in [-0.2, -0.15) is 0 Å². The lowest BCUT2D eigenvalue weighted by atomic mass is 10.0. The highest BCUT2D eigenvalue weighted by atomic mass is 16.5. The van der Waals surface area contributed by atoms with Crippen molar-refractivity contribution in [2.75, 3.05) is 13.2 Å². The van der Waals surface area contributed by atoms with Crippen LogP contribution >= 0.6 is 0 Å². The van der Waals surface area contributed by atoms with E-state index in [1.165, 1.54) is 205 Å². The summed E-state index contributed by atoms with van der Waals surface area (Å²) in [6, 6.07) is -0.562. The smallest absolute Gasteiger partial charge is 0.305 e. The topological polar surface area (TPSA) is 95.9 Å². The molecule has 6 heteroatoms. The molecule has 0 saturated carbocycles. The third kappa shape index (κ3) is 49.9. The fourth-order valence-electron chi connectivity index (χ4n) is 8.93. The number of ether oxygens (including phenoxy) is 1. The molecule has 0 rings (SSSR count). The van der Waals surface area contributed by atoms with Gasteiger partial charge in [-0.05, 0) is 51.4 Å². The number of allylic oxidation sites excluding steroid dienone is 2. The third-order valence-electron chi connectivity index (χ3n) is 13.3. The number of hydrogen-bond donors (Lipinski definition) is 3. The first-order valence-electron chi connectivity index (χ1n) is 28.4.